The Morgan fingerprint density at radius 1 is 1.21 bits per heavy atom. The van der Waals surface area contributed by atoms with E-state index < -0.39 is 6.04 Å². The Balaban J connectivity index is 1.70. The lowest BCUT2D eigenvalue weighted by Crippen LogP contribution is -2.39. The first-order chi connectivity index (χ1) is 14.2. The smallest absolute Gasteiger partial charge is 0.331 e. The van der Waals surface area contributed by atoms with E-state index in [1.807, 2.05) is 29.2 Å². The second-order valence-corrected chi connectivity index (χ2v) is 7.37. The molecule has 0 unspecified atom stereocenters. The first kappa shape index (κ1) is 17.9. The second-order valence-electron chi connectivity index (χ2n) is 7.37. The first-order valence-electron chi connectivity index (χ1n) is 9.88. The third-order valence-corrected chi connectivity index (χ3v) is 5.73. The number of hydrogen-bond donors (Lipinski definition) is 0. The minimum atomic E-state index is -0.485. The van der Waals surface area contributed by atoms with Gasteiger partial charge in [-0.1, -0.05) is 49.4 Å². The summed E-state index contributed by atoms with van der Waals surface area (Å²) in [6.45, 7) is 2.42. The fraction of sp³-hybridized carbons (Fsp3) is 0.250. The number of carbonyl (C=O) groups excluding carboxylic acids is 1. The molecule has 29 heavy (non-hydrogen) atoms. The summed E-state index contributed by atoms with van der Waals surface area (Å²) in [5, 5.41) is 1.06. The lowest BCUT2D eigenvalue weighted by Gasteiger charge is -2.35. The van der Waals surface area contributed by atoms with E-state index in [4.69, 9.17) is 14.5 Å². The lowest BCUT2D eigenvalue weighted by atomic mass is 9.97. The number of pyridine rings is 1. The molecule has 2 aliphatic rings. The van der Waals surface area contributed by atoms with Crippen LogP contribution in [0.2, 0.25) is 0 Å². The van der Waals surface area contributed by atoms with Gasteiger partial charge in [-0.05, 0) is 35.8 Å². The molecule has 2 aromatic carbocycles. The van der Waals surface area contributed by atoms with Gasteiger partial charge in [0.2, 0.25) is 0 Å². The molecule has 5 heteroatoms. The van der Waals surface area contributed by atoms with Gasteiger partial charge in [-0.15, -0.1) is 0 Å². The van der Waals surface area contributed by atoms with Crippen LogP contribution in [0, 0.1) is 0 Å². The average Bonchev–Trinajstić information content (AvgIpc) is 3.22. The third-order valence-electron chi connectivity index (χ3n) is 5.73. The number of ether oxygens (including phenoxy) is 2. The fourth-order valence-electron chi connectivity index (χ4n) is 4.17. The molecule has 3 heterocycles. The number of aromatic nitrogens is 1. The van der Waals surface area contributed by atoms with Gasteiger partial charge in [0.1, 0.15) is 0 Å². The molecule has 3 aromatic rings. The molecule has 0 bridgehead atoms. The summed E-state index contributed by atoms with van der Waals surface area (Å²) in [6, 6.07) is 18.1. The Kier molecular flexibility index (Phi) is 4.32. The second kappa shape index (κ2) is 7.01. The molecule has 0 radical (unpaired) electrons. The van der Waals surface area contributed by atoms with Crippen molar-refractivity contribution in [3.05, 3.63) is 77.0 Å². The summed E-state index contributed by atoms with van der Waals surface area (Å²) in [7, 11) is 1.42. The van der Waals surface area contributed by atoms with Gasteiger partial charge >= 0.3 is 5.97 Å². The highest BCUT2D eigenvalue weighted by atomic mass is 16.5. The van der Waals surface area contributed by atoms with E-state index >= 15 is 0 Å². The van der Waals surface area contributed by atoms with Crippen LogP contribution in [-0.4, -0.2) is 35.6 Å². The third kappa shape index (κ3) is 2.89. The van der Waals surface area contributed by atoms with Crippen LogP contribution in [0.5, 0.6) is 0 Å². The summed E-state index contributed by atoms with van der Waals surface area (Å²) in [5.74, 6) is -0.291. The van der Waals surface area contributed by atoms with Crippen LogP contribution in [0.4, 0.5) is 0 Å². The number of methoxy groups -OCH3 is 1. The Bertz CT molecular complexity index is 1120. The molecular weight excluding hydrogens is 364 g/mol. The average molecular weight is 386 g/mol. The summed E-state index contributed by atoms with van der Waals surface area (Å²) in [5.41, 5.74) is 6.04. The molecule has 1 fully saturated rings. The highest BCUT2D eigenvalue weighted by Gasteiger charge is 2.44. The number of fused-ring (bicyclic) bond motifs is 4. The van der Waals surface area contributed by atoms with Gasteiger partial charge in [0, 0.05) is 16.6 Å². The Morgan fingerprint density at radius 2 is 2.00 bits per heavy atom. The van der Waals surface area contributed by atoms with Crippen LogP contribution < -0.4 is 0 Å². The number of nitrogens with zero attached hydrogens (tertiary/aromatic N) is 2. The zero-order chi connectivity index (χ0) is 20.0. The van der Waals surface area contributed by atoms with Crippen molar-refractivity contribution in [3.8, 4) is 0 Å². The van der Waals surface area contributed by atoms with Crippen LogP contribution in [0.1, 0.15) is 35.5 Å². The van der Waals surface area contributed by atoms with E-state index in [0.29, 0.717) is 0 Å². The minimum absolute atomic E-state index is 0.286. The minimum Gasteiger partial charge on any atom is -0.467 e. The van der Waals surface area contributed by atoms with Crippen molar-refractivity contribution in [2.24, 2.45) is 0 Å². The molecule has 2 aliphatic heterocycles. The van der Waals surface area contributed by atoms with E-state index in [0.717, 1.165) is 39.8 Å². The number of hydrogen-bond acceptors (Lipinski definition) is 5. The topological polar surface area (TPSA) is 51.7 Å². The Hall–Kier alpha value is -3.18. The lowest BCUT2D eigenvalue weighted by molar-refractivity contribution is -0.144. The van der Waals surface area contributed by atoms with Crippen molar-refractivity contribution >= 4 is 28.6 Å². The predicted molar refractivity (Wildman–Crippen MR) is 112 cm³/mol. The number of carbonyl (C=O) groups is 1. The number of esters is 1. The maximum atomic E-state index is 12.5. The fourth-order valence-corrected chi connectivity index (χ4v) is 4.17. The molecule has 146 valence electrons. The highest BCUT2D eigenvalue weighted by Crippen LogP contribution is 2.44. The number of benzene rings is 2. The van der Waals surface area contributed by atoms with Gasteiger partial charge in [0.15, 0.2) is 12.3 Å². The summed E-state index contributed by atoms with van der Waals surface area (Å²) < 4.78 is 11.2. The van der Waals surface area contributed by atoms with Gasteiger partial charge in [0.05, 0.1) is 24.9 Å². The van der Waals surface area contributed by atoms with Crippen molar-refractivity contribution in [2.75, 3.05) is 13.7 Å². The molecule has 2 atom stereocenters. The number of aryl methyl sites for hydroxylation is 1. The predicted octanol–water partition coefficient (Wildman–Crippen LogP) is 4.18. The van der Waals surface area contributed by atoms with Crippen molar-refractivity contribution in [3.63, 3.8) is 0 Å². The van der Waals surface area contributed by atoms with Crippen LogP contribution in [0.25, 0.3) is 22.7 Å². The standard InChI is InChI=1S/C24H22N2O3/c1-3-15-8-10-16(11-9-15)21-13-20-18(12-17-6-4-5-7-19(17)25-20)23-26(21)22(14-29-23)24(27)28-2/h4-13,22-23H,3,14H2,1-2H3/t22-,23-/m0/s1. The van der Waals surface area contributed by atoms with Gasteiger partial charge in [-0.2, -0.15) is 0 Å². The maximum Gasteiger partial charge on any atom is 0.331 e. The summed E-state index contributed by atoms with van der Waals surface area (Å²) in [6.07, 6.45) is 2.68. The maximum absolute atomic E-state index is 12.5. The van der Waals surface area contributed by atoms with Gasteiger partial charge in [-0.25, -0.2) is 9.78 Å². The zero-order valence-corrected chi connectivity index (χ0v) is 16.5. The largest absolute Gasteiger partial charge is 0.467 e. The van der Waals surface area contributed by atoms with Crippen molar-refractivity contribution in [1.29, 1.82) is 0 Å². The summed E-state index contributed by atoms with van der Waals surface area (Å²) >= 11 is 0. The number of para-hydroxylation sites is 1. The van der Waals surface area contributed by atoms with Gasteiger partial charge in [-0.3, -0.25) is 0 Å². The molecule has 0 aliphatic carbocycles. The van der Waals surface area contributed by atoms with Crippen LogP contribution in [0.15, 0.2) is 54.6 Å². The van der Waals surface area contributed by atoms with Crippen molar-refractivity contribution < 1.29 is 14.3 Å². The van der Waals surface area contributed by atoms with E-state index in [1.165, 1.54) is 12.7 Å². The van der Waals surface area contributed by atoms with Gasteiger partial charge in [0.25, 0.3) is 0 Å². The molecule has 1 aromatic heterocycles. The van der Waals surface area contributed by atoms with Crippen LogP contribution in [0.3, 0.4) is 0 Å². The van der Waals surface area contributed by atoms with E-state index in [1.54, 1.807) is 0 Å². The molecule has 0 saturated carbocycles. The molecule has 0 N–H and O–H groups in total. The van der Waals surface area contributed by atoms with E-state index in [9.17, 15) is 4.79 Å². The molecular formula is C24H22N2O3. The Morgan fingerprint density at radius 3 is 2.76 bits per heavy atom. The van der Waals surface area contributed by atoms with E-state index in [-0.39, 0.29) is 18.8 Å². The van der Waals surface area contributed by atoms with Crippen LogP contribution >= 0.6 is 0 Å². The quantitative estimate of drug-likeness (QED) is 0.632. The van der Waals surface area contributed by atoms with Crippen molar-refractivity contribution in [1.82, 2.24) is 9.88 Å². The van der Waals surface area contributed by atoms with Crippen molar-refractivity contribution in [2.45, 2.75) is 25.6 Å². The SMILES string of the molecule is CCc1ccc(C2=Cc3nc4ccccc4cc3[C@@H]3OC[C@@H](C(=O)OC)N23)cc1. The molecule has 0 spiro atoms. The normalized spacial score (nSPS) is 20.2. The number of rotatable bonds is 3. The molecule has 1 saturated heterocycles. The molecule has 5 nitrogen and oxygen atoms in total. The van der Waals surface area contributed by atoms with E-state index in [2.05, 4.69) is 43.3 Å². The zero-order valence-electron chi connectivity index (χ0n) is 16.5. The van der Waals surface area contributed by atoms with Crippen LogP contribution in [-0.2, 0) is 20.7 Å². The molecule has 0 amide bonds. The summed E-state index contributed by atoms with van der Waals surface area (Å²) in [4.78, 5) is 19.4. The molecule has 5 rings (SSSR count). The Labute approximate surface area is 169 Å². The highest BCUT2D eigenvalue weighted by molar-refractivity contribution is 5.90. The monoisotopic (exact) mass is 386 g/mol. The van der Waals surface area contributed by atoms with Gasteiger partial charge < -0.3 is 14.4 Å². The first-order valence-corrected chi connectivity index (χ1v) is 9.88.